The predicted molar refractivity (Wildman–Crippen MR) is 28.5 cm³/mol. The van der Waals surface area contributed by atoms with Crippen LogP contribution in [0.1, 0.15) is 0 Å². The molecule has 6 heavy (non-hydrogen) atoms. The molecule has 0 unspecified atom stereocenters. The summed E-state index contributed by atoms with van der Waals surface area (Å²) in [7, 11) is 0. The maximum absolute atomic E-state index is 3.15. The Morgan fingerprint density at radius 3 is 2.67 bits per heavy atom. The van der Waals surface area contributed by atoms with Crippen molar-refractivity contribution in [3.63, 3.8) is 0 Å². The lowest BCUT2D eigenvalue weighted by Gasteiger charge is -2.10. The minimum Gasteiger partial charge on any atom is -0.303 e. The average molecular weight is 104 g/mol. The molecular weight excluding hydrogens is 96.1 g/mol. The second-order valence-corrected chi connectivity index (χ2v) is 2.16. The van der Waals surface area contributed by atoms with Crippen molar-refractivity contribution in [3.05, 3.63) is 0 Å². The summed E-state index contributed by atoms with van der Waals surface area (Å²) < 4.78 is 3.09. The van der Waals surface area contributed by atoms with E-state index in [4.69, 9.17) is 0 Å². The third kappa shape index (κ3) is 1.16. The molecule has 0 saturated carbocycles. The van der Waals surface area contributed by atoms with Gasteiger partial charge in [0.1, 0.15) is 0 Å². The van der Waals surface area contributed by atoms with E-state index in [-0.39, 0.29) is 0 Å². The Morgan fingerprint density at radius 1 is 1.50 bits per heavy atom. The second-order valence-electron chi connectivity index (χ2n) is 1.17. The molecule has 0 radical (unpaired) electrons. The molecule has 2 nitrogen and oxygen atoms in total. The Kier molecular flexibility index (Phi) is 1.80. The van der Waals surface area contributed by atoms with Crippen LogP contribution in [-0.2, 0) is 0 Å². The van der Waals surface area contributed by atoms with Crippen LogP contribution in [0.25, 0.3) is 0 Å². The average Bonchev–Trinajstić information content (AvgIpc) is 1.72. The normalized spacial score (nSPS) is 24.0. The van der Waals surface area contributed by atoms with Gasteiger partial charge in [0.2, 0.25) is 0 Å². The van der Waals surface area contributed by atoms with Gasteiger partial charge in [-0.15, -0.1) is 0 Å². The fourth-order valence-corrected chi connectivity index (χ4v) is 0.981. The van der Waals surface area contributed by atoms with Crippen molar-refractivity contribution in [2.75, 3.05) is 19.0 Å². The highest BCUT2D eigenvalue weighted by atomic mass is 32.2. The van der Waals surface area contributed by atoms with E-state index in [0.29, 0.717) is 0 Å². The molecule has 0 amide bonds. The van der Waals surface area contributed by atoms with Gasteiger partial charge >= 0.3 is 0 Å². The van der Waals surface area contributed by atoms with Gasteiger partial charge in [-0.3, -0.25) is 4.72 Å². The molecule has 1 heterocycles. The lowest BCUT2D eigenvalue weighted by Crippen LogP contribution is -2.32. The SMILES string of the molecule is C1CSNCN1. The lowest BCUT2D eigenvalue weighted by atomic mass is 10.7. The molecule has 0 aromatic heterocycles. The minimum absolute atomic E-state index is 0.963. The zero-order chi connectivity index (χ0) is 4.24. The number of nitrogens with one attached hydrogen (secondary N) is 2. The van der Waals surface area contributed by atoms with Crippen LogP contribution >= 0.6 is 11.9 Å². The van der Waals surface area contributed by atoms with E-state index in [1.165, 1.54) is 5.75 Å². The summed E-state index contributed by atoms with van der Waals surface area (Å²) in [4.78, 5) is 0. The van der Waals surface area contributed by atoms with E-state index < -0.39 is 0 Å². The van der Waals surface area contributed by atoms with Gasteiger partial charge in [0.25, 0.3) is 0 Å². The summed E-state index contributed by atoms with van der Waals surface area (Å²) in [6.45, 7) is 2.11. The molecule has 0 aromatic carbocycles. The van der Waals surface area contributed by atoms with Gasteiger partial charge in [-0.2, -0.15) is 0 Å². The number of hydrogen-bond acceptors (Lipinski definition) is 3. The largest absolute Gasteiger partial charge is 0.303 e. The second kappa shape index (κ2) is 2.44. The summed E-state index contributed by atoms with van der Waals surface area (Å²) in [5.41, 5.74) is 0. The van der Waals surface area contributed by atoms with Crippen LogP contribution < -0.4 is 10.0 Å². The summed E-state index contributed by atoms with van der Waals surface area (Å²) >= 11 is 1.78. The molecule has 1 fully saturated rings. The van der Waals surface area contributed by atoms with Gasteiger partial charge in [-0.25, -0.2) is 0 Å². The molecule has 0 aliphatic carbocycles. The molecule has 1 aliphatic heterocycles. The van der Waals surface area contributed by atoms with Crippen molar-refractivity contribution in [3.8, 4) is 0 Å². The summed E-state index contributed by atoms with van der Waals surface area (Å²) in [6, 6.07) is 0. The molecule has 0 spiro atoms. The van der Waals surface area contributed by atoms with E-state index >= 15 is 0 Å². The van der Waals surface area contributed by atoms with Crippen LogP contribution in [0.2, 0.25) is 0 Å². The molecular formula is C3H8N2S. The summed E-state index contributed by atoms with van der Waals surface area (Å²) in [5.74, 6) is 1.19. The first-order valence-electron chi connectivity index (χ1n) is 2.05. The highest BCUT2D eigenvalue weighted by Crippen LogP contribution is 1.91. The Morgan fingerprint density at radius 2 is 2.50 bits per heavy atom. The third-order valence-corrected chi connectivity index (χ3v) is 1.44. The van der Waals surface area contributed by atoms with E-state index in [9.17, 15) is 0 Å². The molecule has 0 atom stereocenters. The van der Waals surface area contributed by atoms with E-state index in [1.807, 2.05) is 0 Å². The molecule has 2 N–H and O–H groups in total. The van der Waals surface area contributed by atoms with Crippen LogP contribution in [0.5, 0.6) is 0 Å². The molecule has 36 valence electrons. The van der Waals surface area contributed by atoms with Crippen molar-refractivity contribution in [2.45, 2.75) is 0 Å². The van der Waals surface area contributed by atoms with Gasteiger partial charge in [0, 0.05) is 12.3 Å². The quantitative estimate of drug-likeness (QED) is 0.416. The highest BCUT2D eigenvalue weighted by Gasteiger charge is 1.92. The highest BCUT2D eigenvalue weighted by molar-refractivity contribution is 7.97. The van der Waals surface area contributed by atoms with E-state index in [2.05, 4.69) is 10.0 Å². The minimum atomic E-state index is 0.963. The molecule has 0 aromatic rings. The fourth-order valence-electron chi connectivity index (χ4n) is 0.386. The van der Waals surface area contributed by atoms with Crippen molar-refractivity contribution in [1.82, 2.24) is 10.0 Å². The zero-order valence-electron chi connectivity index (χ0n) is 3.53. The number of hydrogen-bond donors (Lipinski definition) is 2. The van der Waals surface area contributed by atoms with Gasteiger partial charge in [0.15, 0.2) is 0 Å². The first-order chi connectivity index (χ1) is 3.00. The maximum Gasteiger partial charge on any atom is 0.0552 e. The summed E-state index contributed by atoms with van der Waals surface area (Å²) in [5, 5.41) is 3.15. The van der Waals surface area contributed by atoms with Gasteiger partial charge in [0.05, 0.1) is 6.67 Å². The zero-order valence-corrected chi connectivity index (χ0v) is 4.35. The third-order valence-electron chi connectivity index (χ3n) is 0.680. The Labute approximate surface area is 41.8 Å². The molecule has 1 aliphatic rings. The van der Waals surface area contributed by atoms with Gasteiger partial charge in [-0.1, -0.05) is 11.9 Å². The van der Waals surface area contributed by atoms with Crippen LogP contribution in [0.15, 0.2) is 0 Å². The monoisotopic (exact) mass is 104 g/mol. The van der Waals surface area contributed by atoms with Crippen molar-refractivity contribution >= 4 is 11.9 Å². The molecule has 3 heteroatoms. The maximum atomic E-state index is 3.15. The molecule has 1 rings (SSSR count). The van der Waals surface area contributed by atoms with E-state index in [1.54, 1.807) is 11.9 Å². The predicted octanol–water partition coefficient (Wildman–Crippen LogP) is -0.215. The Bertz CT molecular complexity index is 24.3. The van der Waals surface area contributed by atoms with Crippen LogP contribution in [0.3, 0.4) is 0 Å². The van der Waals surface area contributed by atoms with Crippen LogP contribution in [0, 0.1) is 0 Å². The summed E-state index contributed by atoms with van der Waals surface area (Å²) in [6.07, 6.45) is 0. The van der Waals surface area contributed by atoms with Gasteiger partial charge < -0.3 is 5.32 Å². The van der Waals surface area contributed by atoms with Crippen molar-refractivity contribution < 1.29 is 0 Å². The fraction of sp³-hybridized carbons (Fsp3) is 1.00. The smallest absolute Gasteiger partial charge is 0.0552 e. The first kappa shape index (κ1) is 4.43. The van der Waals surface area contributed by atoms with E-state index in [0.717, 1.165) is 13.2 Å². The Hall–Kier alpha value is 0.270. The number of rotatable bonds is 0. The first-order valence-corrected chi connectivity index (χ1v) is 3.04. The Balaban J connectivity index is 2.00. The van der Waals surface area contributed by atoms with Crippen molar-refractivity contribution in [1.29, 1.82) is 0 Å². The van der Waals surface area contributed by atoms with Crippen molar-refractivity contribution in [2.24, 2.45) is 0 Å². The topological polar surface area (TPSA) is 24.1 Å². The molecule has 0 bridgehead atoms. The lowest BCUT2D eigenvalue weighted by molar-refractivity contribution is 0.695. The van der Waals surface area contributed by atoms with Crippen LogP contribution in [0.4, 0.5) is 0 Å². The van der Waals surface area contributed by atoms with Gasteiger partial charge in [-0.05, 0) is 0 Å². The molecule has 1 saturated heterocycles. The van der Waals surface area contributed by atoms with Crippen LogP contribution in [-0.4, -0.2) is 19.0 Å². The standard InChI is InChI=1S/C3H8N2S/c1-2-6-5-3-4-1/h4-5H,1-3H2.